The first kappa shape index (κ1) is 36.8. The van der Waals surface area contributed by atoms with Crippen molar-refractivity contribution in [3.63, 3.8) is 0 Å². The molecule has 0 saturated carbocycles. The van der Waals surface area contributed by atoms with Gasteiger partial charge in [0.25, 0.3) is 10.1 Å². The molecule has 1 atom stereocenters. The second-order valence-electron chi connectivity index (χ2n) is 8.89. The number of hydrogen-bond donors (Lipinski definition) is 4. The zero-order valence-corrected chi connectivity index (χ0v) is 24.8. The fraction of sp³-hybridized carbons (Fsp3) is 0.259. The third-order valence-corrected chi connectivity index (χ3v) is 7.44. The first-order valence-electron chi connectivity index (χ1n) is 12.2. The van der Waals surface area contributed by atoms with Crippen molar-refractivity contribution in [2.45, 2.75) is 24.1 Å². The molecule has 15 heteroatoms. The van der Waals surface area contributed by atoms with Crippen molar-refractivity contribution in [1.29, 1.82) is 0 Å². The Morgan fingerprint density at radius 2 is 1.60 bits per heavy atom. The third kappa shape index (κ3) is 12.3. The van der Waals surface area contributed by atoms with Gasteiger partial charge >= 0.3 is 6.03 Å². The van der Waals surface area contributed by atoms with E-state index in [0.29, 0.717) is 41.8 Å². The smallest absolute Gasteiger partial charge is 0.315 e. The fourth-order valence-corrected chi connectivity index (χ4v) is 4.60. The van der Waals surface area contributed by atoms with Gasteiger partial charge in [0.15, 0.2) is 0 Å². The van der Waals surface area contributed by atoms with Gasteiger partial charge in [0, 0.05) is 38.3 Å². The van der Waals surface area contributed by atoms with Crippen molar-refractivity contribution in [3.8, 4) is 0 Å². The normalized spacial score (nSPS) is 14.7. The molecule has 1 fully saturated rings. The monoisotopic (exact) mass is 644 g/mol. The number of morpholine rings is 1. The maximum atomic E-state index is 12.1. The zero-order chi connectivity index (χ0) is 29.1. The molecule has 1 heterocycles. The lowest BCUT2D eigenvalue weighted by Gasteiger charge is -2.33. The molecule has 0 bridgehead atoms. The Kier molecular flexibility index (Phi) is 15.4. The molecule has 0 unspecified atom stereocenters. The molecule has 230 valence electrons. The average molecular weight is 646 g/mol. The van der Waals surface area contributed by atoms with Crippen LogP contribution < -0.4 is 16.4 Å². The largest absolute Gasteiger partial charge is 0.412 e. The van der Waals surface area contributed by atoms with Crippen LogP contribution in [0.15, 0.2) is 77.7 Å². The summed E-state index contributed by atoms with van der Waals surface area (Å²) in [5.41, 5.74) is 7.60. The summed E-state index contributed by atoms with van der Waals surface area (Å²) in [6.07, 6.45) is -0.0953. The quantitative estimate of drug-likeness (QED) is 0.267. The Labute approximate surface area is 254 Å². The van der Waals surface area contributed by atoms with Gasteiger partial charge in [0.05, 0.1) is 27.7 Å². The summed E-state index contributed by atoms with van der Waals surface area (Å²) >= 11 is 12.1. The maximum Gasteiger partial charge on any atom is 0.315 e. The number of ether oxygens (including phenoxy) is 1. The van der Waals surface area contributed by atoms with Crippen LogP contribution in [0.4, 0.5) is 4.79 Å². The van der Waals surface area contributed by atoms with Crippen LogP contribution in [-0.4, -0.2) is 73.1 Å². The minimum absolute atomic E-state index is 0. The number of amides is 3. The van der Waals surface area contributed by atoms with E-state index in [1.807, 2.05) is 12.1 Å². The molecular formula is C27H34Cl2N4O8S. The van der Waals surface area contributed by atoms with E-state index in [1.165, 1.54) is 12.1 Å². The summed E-state index contributed by atoms with van der Waals surface area (Å²) in [5, 5.41) is 6.71. The first-order chi connectivity index (χ1) is 19.0. The Bertz CT molecular complexity index is 1400. The molecule has 0 radical (unpaired) electrons. The van der Waals surface area contributed by atoms with Crippen LogP contribution in [0.25, 0.3) is 0 Å². The predicted octanol–water partition coefficient (Wildman–Crippen LogP) is 2.08. The van der Waals surface area contributed by atoms with Gasteiger partial charge in [-0.25, -0.2) is 4.79 Å². The molecule has 0 aliphatic carbocycles. The maximum absolute atomic E-state index is 12.1. The molecule has 0 aromatic heterocycles. The molecule has 3 aromatic carbocycles. The number of benzene rings is 3. The highest BCUT2D eigenvalue weighted by Crippen LogP contribution is 2.23. The Hall–Kier alpha value is -3.27. The fourth-order valence-electron chi connectivity index (χ4n) is 3.77. The number of nitrogens with two attached hydrogens (primary N) is 1. The van der Waals surface area contributed by atoms with Crippen LogP contribution in [0.1, 0.15) is 21.5 Å². The van der Waals surface area contributed by atoms with Gasteiger partial charge in [0.2, 0.25) is 5.91 Å². The van der Waals surface area contributed by atoms with Gasteiger partial charge in [0.1, 0.15) is 0 Å². The molecule has 1 saturated heterocycles. The highest BCUT2D eigenvalue weighted by atomic mass is 35.5. The first-order valence-corrected chi connectivity index (χ1v) is 14.4. The molecule has 9 N–H and O–H groups in total. The molecule has 3 amide bonds. The van der Waals surface area contributed by atoms with Gasteiger partial charge in [-0.3, -0.25) is 14.2 Å². The van der Waals surface area contributed by atoms with Crippen LogP contribution in [0, 0.1) is 0 Å². The minimum Gasteiger partial charge on any atom is -0.412 e. The lowest BCUT2D eigenvalue weighted by atomic mass is 10.1. The van der Waals surface area contributed by atoms with E-state index in [-0.39, 0.29) is 28.0 Å². The molecule has 42 heavy (non-hydrogen) atoms. The van der Waals surface area contributed by atoms with E-state index in [2.05, 4.69) is 15.5 Å². The second-order valence-corrected chi connectivity index (χ2v) is 11.1. The number of halogens is 2. The summed E-state index contributed by atoms with van der Waals surface area (Å²) in [7, 11) is -4.00. The van der Waals surface area contributed by atoms with Crippen LogP contribution in [0.3, 0.4) is 0 Å². The summed E-state index contributed by atoms with van der Waals surface area (Å²) < 4.78 is 35.0. The summed E-state index contributed by atoms with van der Waals surface area (Å²) in [6, 6.07) is 19.5. The van der Waals surface area contributed by atoms with Gasteiger partial charge in [-0.05, 0) is 47.5 Å². The van der Waals surface area contributed by atoms with E-state index in [9.17, 15) is 18.0 Å². The number of primary amides is 1. The molecule has 4 rings (SSSR count). The Morgan fingerprint density at radius 1 is 0.952 bits per heavy atom. The van der Waals surface area contributed by atoms with Gasteiger partial charge in [-0.2, -0.15) is 8.42 Å². The van der Waals surface area contributed by atoms with Gasteiger partial charge in [-0.1, -0.05) is 59.6 Å². The second kappa shape index (κ2) is 17.6. The highest BCUT2D eigenvalue weighted by molar-refractivity contribution is 7.85. The predicted molar refractivity (Wildman–Crippen MR) is 160 cm³/mol. The topological polar surface area (TPSA) is 214 Å². The van der Waals surface area contributed by atoms with E-state index < -0.39 is 16.0 Å². The van der Waals surface area contributed by atoms with Crippen LogP contribution in [0.2, 0.25) is 10.0 Å². The zero-order valence-electron chi connectivity index (χ0n) is 22.4. The Morgan fingerprint density at radius 3 is 2.17 bits per heavy atom. The van der Waals surface area contributed by atoms with E-state index >= 15 is 0 Å². The van der Waals surface area contributed by atoms with Crippen LogP contribution >= 0.6 is 23.2 Å². The molecule has 0 spiro atoms. The van der Waals surface area contributed by atoms with Gasteiger partial charge in [-0.15, -0.1) is 0 Å². The molecule has 12 nitrogen and oxygen atoms in total. The van der Waals surface area contributed by atoms with Crippen molar-refractivity contribution in [1.82, 2.24) is 15.5 Å². The number of carbonyl (C=O) groups is 2. The number of rotatable bonds is 8. The van der Waals surface area contributed by atoms with E-state index in [0.717, 1.165) is 24.2 Å². The van der Waals surface area contributed by atoms with Crippen LogP contribution in [-0.2, 0) is 27.9 Å². The standard InChI is InChI=1S/C21H24Cl2N4O3.C6H6O3S.2H2O/c22-18-6-3-15(9-19(18)23)12-27-7-8-30-17(13-27)11-26-21(29)25-10-14-1-4-16(5-2-14)20(24)28;7-10(8,9)6-4-2-1-3-5-6;;/h1-6,9,17H,7-8,10-13H2,(H2,24,28)(H2,25,26,29);1-5H,(H,7,8,9);2*1H2/t17-;;;/m0.../s1. The molecule has 1 aliphatic heterocycles. The lowest BCUT2D eigenvalue weighted by molar-refractivity contribution is -0.0287. The number of nitrogens with one attached hydrogen (secondary N) is 2. The van der Waals surface area contributed by atoms with Crippen LogP contribution in [0.5, 0.6) is 0 Å². The number of nitrogens with zero attached hydrogens (tertiary/aromatic N) is 1. The van der Waals surface area contributed by atoms with Crippen molar-refractivity contribution in [3.05, 3.63) is 99.5 Å². The number of urea groups is 1. The number of hydrogen-bond acceptors (Lipinski definition) is 6. The third-order valence-electron chi connectivity index (χ3n) is 5.84. The van der Waals surface area contributed by atoms with Crippen molar-refractivity contribution >= 4 is 45.3 Å². The van der Waals surface area contributed by atoms with E-state index in [4.69, 9.17) is 38.2 Å². The van der Waals surface area contributed by atoms with Crippen molar-refractivity contribution < 1.29 is 38.2 Å². The molecular weight excluding hydrogens is 611 g/mol. The van der Waals surface area contributed by atoms with Crippen molar-refractivity contribution in [2.24, 2.45) is 5.73 Å². The van der Waals surface area contributed by atoms with Crippen molar-refractivity contribution in [2.75, 3.05) is 26.2 Å². The minimum atomic E-state index is -4.00. The molecule has 3 aromatic rings. The lowest BCUT2D eigenvalue weighted by Crippen LogP contribution is -2.48. The Balaban J connectivity index is 0.000000626. The summed E-state index contributed by atoms with van der Waals surface area (Å²) in [5.74, 6) is -0.479. The molecule has 1 aliphatic rings. The SMILES string of the molecule is NC(=O)c1ccc(CNC(=O)NC[C@H]2CN(Cc3ccc(Cl)c(Cl)c3)CCO2)cc1.O.O.O=S(=O)(O)c1ccccc1. The summed E-state index contributed by atoms with van der Waals surface area (Å²) in [4.78, 5) is 25.4. The number of carbonyl (C=O) groups excluding carboxylic acids is 2. The van der Waals surface area contributed by atoms with Gasteiger partial charge < -0.3 is 32.1 Å². The van der Waals surface area contributed by atoms with E-state index in [1.54, 1.807) is 48.5 Å². The average Bonchev–Trinajstić information content (AvgIpc) is 2.93. The summed E-state index contributed by atoms with van der Waals surface area (Å²) in [6.45, 7) is 3.61. The highest BCUT2D eigenvalue weighted by Gasteiger charge is 2.21.